The van der Waals surface area contributed by atoms with Gasteiger partial charge < -0.3 is 0 Å². The van der Waals surface area contributed by atoms with Crippen LogP contribution in [0, 0.1) is 0 Å². The van der Waals surface area contributed by atoms with E-state index < -0.39 is 15.3 Å². The van der Waals surface area contributed by atoms with Crippen LogP contribution in [0.5, 0.6) is 0 Å². The SMILES string of the molecule is CCN=C(NN=C(C)C)S(=O)(=O)O. The number of amidine groups is 1. The van der Waals surface area contributed by atoms with E-state index in [-0.39, 0.29) is 6.54 Å². The average Bonchev–Trinajstić information content (AvgIpc) is 1.95. The Hall–Kier alpha value is -0.950. The van der Waals surface area contributed by atoms with Gasteiger partial charge in [0.15, 0.2) is 0 Å². The molecule has 7 heteroatoms. The van der Waals surface area contributed by atoms with E-state index in [1.807, 2.05) is 0 Å². The lowest BCUT2D eigenvalue weighted by molar-refractivity contribution is 0.496. The zero-order chi connectivity index (χ0) is 10.5. The second-order valence-electron chi connectivity index (χ2n) is 2.43. The lowest BCUT2D eigenvalue weighted by Crippen LogP contribution is -2.27. The van der Waals surface area contributed by atoms with Crippen molar-refractivity contribution in [3.05, 3.63) is 0 Å². The molecule has 0 bridgehead atoms. The Labute approximate surface area is 77.5 Å². The molecule has 6 nitrogen and oxygen atoms in total. The molecule has 76 valence electrons. The second-order valence-corrected chi connectivity index (χ2v) is 3.76. The number of nitrogens with zero attached hydrogens (tertiary/aromatic N) is 2. The summed E-state index contributed by atoms with van der Waals surface area (Å²) in [6, 6.07) is 0. The van der Waals surface area contributed by atoms with Crippen LogP contribution in [-0.2, 0) is 10.1 Å². The topological polar surface area (TPSA) is 91.1 Å². The van der Waals surface area contributed by atoms with Gasteiger partial charge in [-0.2, -0.15) is 13.5 Å². The maximum absolute atomic E-state index is 10.6. The van der Waals surface area contributed by atoms with Crippen LogP contribution >= 0.6 is 0 Å². The predicted octanol–water partition coefficient (Wildman–Crippen LogP) is 0.236. The molecule has 0 radical (unpaired) electrons. The molecule has 0 saturated carbocycles. The summed E-state index contributed by atoms with van der Waals surface area (Å²) in [4.78, 5) is 3.53. The Morgan fingerprint density at radius 3 is 2.31 bits per heavy atom. The van der Waals surface area contributed by atoms with Gasteiger partial charge in [-0.25, -0.2) is 5.43 Å². The Morgan fingerprint density at radius 1 is 1.46 bits per heavy atom. The summed E-state index contributed by atoms with van der Waals surface area (Å²) in [5.74, 6) is 0. The van der Waals surface area contributed by atoms with Crippen LogP contribution in [0.4, 0.5) is 0 Å². The fourth-order valence-corrected chi connectivity index (χ4v) is 0.931. The summed E-state index contributed by atoms with van der Waals surface area (Å²) < 4.78 is 29.9. The molecule has 13 heavy (non-hydrogen) atoms. The second kappa shape index (κ2) is 4.93. The van der Waals surface area contributed by atoms with Gasteiger partial charge in [0.2, 0.25) is 0 Å². The average molecular weight is 207 g/mol. The van der Waals surface area contributed by atoms with Gasteiger partial charge in [0, 0.05) is 12.3 Å². The fourth-order valence-electron chi connectivity index (χ4n) is 0.478. The first-order valence-corrected chi connectivity index (χ1v) is 5.10. The number of rotatable bonds is 2. The maximum atomic E-state index is 10.6. The van der Waals surface area contributed by atoms with Gasteiger partial charge in [0.25, 0.3) is 5.17 Å². The van der Waals surface area contributed by atoms with Crippen molar-refractivity contribution in [2.24, 2.45) is 10.1 Å². The molecule has 0 aliphatic heterocycles. The smallest absolute Gasteiger partial charge is 0.279 e. The minimum atomic E-state index is -4.29. The predicted molar refractivity (Wildman–Crippen MR) is 51.4 cm³/mol. The zero-order valence-corrected chi connectivity index (χ0v) is 8.59. The number of hydrogen-bond acceptors (Lipinski definition) is 4. The highest BCUT2D eigenvalue weighted by molar-refractivity contribution is 8.01. The van der Waals surface area contributed by atoms with Crippen LogP contribution in [-0.4, -0.2) is 30.4 Å². The molecule has 0 aromatic heterocycles. The number of hydrogen-bond donors (Lipinski definition) is 2. The number of nitrogens with one attached hydrogen (secondary N) is 1. The van der Waals surface area contributed by atoms with Gasteiger partial charge in [-0.15, -0.1) is 0 Å². The molecule has 0 aromatic rings. The van der Waals surface area contributed by atoms with Crippen LogP contribution in [0.2, 0.25) is 0 Å². The van der Waals surface area contributed by atoms with E-state index in [4.69, 9.17) is 4.55 Å². The molecule has 0 fully saturated rings. The molecular formula is C6H13N3O3S. The van der Waals surface area contributed by atoms with E-state index in [1.165, 1.54) is 0 Å². The van der Waals surface area contributed by atoms with Gasteiger partial charge in [-0.05, 0) is 20.8 Å². The van der Waals surface area contributed by atoms with Crippen LogP contribution in [0.3, 0.4) is 0 Å². The highest BCUT2D eigenvalue weighted by Crippen LogP contribution is 1.87. The number of aliphatic imine (C=N–C) groups is 1. The van der Waals surface area contributed by atoms with Gasteiger partial charge in [-0.1, -0.05) is 0 Å². The summed E-state index contributed by atoms with van der Waals surface area (Å²) in [7, 11) is -4.29. The van der Waals surface area contributed by atoms with E-state index in [0.29, 0.717) is 5.71 Å². The highest BCUT2D eigenvalue weighted by atomic mass is 32.2. The summed E-state index contributed by atoms with van der Waals surface area (Å²) >= 11 is 0. The molecule has 0 aromatic carbocycles. The Balaban J connectivity index is 4.68. The van der Waals surface area contributed by atoms with Crippen molar-refractivity contribution in [2.45, 2.75) is 20.8 Å². The first-order valence-electron chi connectivity index (χ1n) is 3.66. The molecular weight excluding hydrogens is 194 g/mol. The van der Waals surface area contributed by atoms with Crippen molar-refractivity contribution in [3.63, 3.8) is 0 Å². The monoisotopic (exact) mass is 207 g/mol. The largest absolute Gasteiger partial charge is 0.329 e. The van der Waals surface area contributed by atoms with E-state index >= 15 is 0 Å². The van der Waals surface area contributed by atoms with Crippen LogP contribution < -0.4 is 5.43 Å². The van der Waals surface area contributed by atoms with Crippen molar-refractivity contribution >= 4 is 21.0 Å². The van der Waals surface area contributed by atoms with Gasteiger partial charge in [0.1, 0.15) is 0 Å². The molecule has 0 rings (SSSR count). The molecule has 0 saturated heterocycles. The van der Waals surface area contributed by atoms with Crippen molar-refractivity contribution < 1.29 is 13.0 Å². The third-order valence-electron chi connectivity index (χ3n) is 0.921. The highest BCUT2D eigenvalue weighted by Gasteiger charge is 2.14. The zero-order valence-electron chi connectivity index (χ0n) is 7.77. The first-order chi connectivity index (χ1) is 5.88. The fraction of sp³-hybridized carbons (Fsp3) is 0.667. The third kappa shape index (κ3) is 5.31. The van der Waals surface area contributed by atoms with Crippen molar-refractivity contribution in [2.75, 3.05) is 6.54 Å². The normalized spacial score (nSPS) is 12.5. The summed E-state index contributed by atoms with van der Waals surface area (Å²) in [5.41, 5.74) is 2.79. The van der Waals surface area contributed by atoms with Crippen molar-refractivity contribution in [1.82, 2.24) is 5.43 Å². The molecule has 0 amide bonds. The quantitative estimate of drug-likeness (QED) is 0.293. The summed E-state index contributed by atoms with van der Waals surface area (Å²) in [5, 5.41) is 3.08. The third-order valence-corrected chi connectivity index (χ3v) is 1.63. The molecule has 0 spiro atoms. The summed E-state index contributed by atoms with van der Waals surface area (Å²) in [6.45, 7) is 5.26. The first kappa shape index (κ1) is 12.0. The van der Waals surface area contributed by atoms with Crippen LogP contribution in [0.25, 0.3) is 0 Å². The molecule has 2 N–H and O–H groups in total. The molecule has 0 unspecified atom stereocenters. The minimum absolute atomic E-state index is 0.250. The summed E-state index contributed by atoms with van der Waals surface area (Å²) in [6.07, 6.45) is 0. The van der Waals surface area contributed by atoms with E-state index in [2.05, 4.69) is 15.5 Å². The van der Waals surface area contributed by atoms with E-state index in [9.17, 15) is 8.42 Å². The van der Waals surface area contributed by atoms with Gasteiger partial charge in [-0.3, -0.25) is 9.55 Å². The van der Waals surface area contributed by atoms with Crippen molar-refractivity contribution in [3.8, 4) is 0 Å². The van der Waals surface area contributed by atoms with Crippen molar-refractivity contribution in [1.29, 1.82) is 0 Å². The van der Waals surface area contributed by atoms with Gasteiger partial charge in [0.05, 0.1) is 0 Å². The minimum Gasteiger partial charge on any atom is -0.279 e. The molecule has 0 aliphatic rings. The van der Waals surface area contributed by atoms with E-state index in [1.54, 1.807) is 20.8 Å². The molecule has 0 atom stereocenters. The van der Waals surface area contributed by atoms with Crippen LogP contribution in [0.1, 0.15) is 20.8 Å². The van der Waals surface area contributed by atoms with Gasteiger partial charge >= 0.3 is 10.1 Å². The molecule has 0 heterocycles. The Bertz CT molecular complexity index is 314. The lowest BCUT2D eigenvalue weighted by Gasteiger charge is -2.01. The number of hydrazone groups is 1. The lowest BCUT2D eigenvalue weighted by atomic mass is 10.5. The maximum Gasteiger partial charge on any atom is 0.329 e. The Kier molecular flexibility index (Phi) is 4.57. The van der Waals surface area contributed by atoms with Crippen LogP contribution in [0.15, 0.2) is 10.1 Å². The molecule has 0 aliphatic carbocycles. The standard InChI is InChI=1S/C6H13N3O3S/c1-4-7-6(13(10,11)12)9-8-5(2)3/h4H2,1-3H3,(H,7,9)(H,10,11,12). The van der Waals surface area contributed by atoms with E-state index in [0.717, 1.165) is 0 Å². The Morgan fingerprint density at radius 2 is 2.00 bits per heavy atom.